The Morgan fingerprint density at radius 3 is 2.03 bits per heavy atom. The Kier molecular flexibility index (Phi) is 18.0. The number of allylic oxidation sites excluding steroid dienone is 1. The molecule has 2 atom stereocenters. The quantitative estimate of drug-likeness (QED) is 0.0800. The van der Waals surface area contributed by atoms with E-state index in [1.807, 2.05) is 12.1 Å². The zero-order chi connectivity index (χ0) is 25.2. The molecule has 4 heteroatoms. The second kappa shape index (κ2) is 19.2. The Labute approximate surface area is 224 Å². The Hall–Kier alpha value is -0.00130. The molecule has 2 nitrogen and oxygen atoms in total. The number of unbranched alkanes of at least 4 members (excludes halogenated alkanes) is 3. The molecule has 0 aliphatic carbocycles. The minimum Gasteiger partial charge on any atom is -0.497 e. The second-order valence-corrected chi connectivity index (χ2v) is 28.0. The summed E-state index contributed by atoms with van der Waals surface area (Å²) in [5.41, 5.74) is 2.54. The first-order chi connectivity index (χ1) is 16.4. The maximum absolute atomic E-state index is 5.93. The Morgan fingerprint density at radius 2 is 1.53 bits per heavy atom. The summed E-state index contributed by atoms with van der Waals surface area (Å²) >= 11 is 2.16. The summed E-state index contributed by atoms with van der Waals surface area (Å²) in [4.78, 5) is 0. The van der Waals surface area contributed by atoms with Crippen LogP contribution in [0.25, 0.3) is 0 Å². The van der Waals surface area contributed by atoms with E-state index in [0.29, 0.717) is 13.2 Å². The van der Waals surface area contributed by atoms with Gasteiger partial charge in [-0.25, -0.2) is 0 Å². The zero-order valence-electron chi connectivity index (χ0n) is 23.1. The molecule has 196 valence electrons. The minimum absolute atomic E-state index is 0.652. The second-order valence-electron chi connectivity index (χ2n) is 10.5. The van der Waals surface area contributed by atoms with Crippen molar-refractivity contribution < 1.29 is 9.47 Å². The first-order valence-corrected chi connectivity index (χ1v) is 22.5. The molecule has 0 amide bonds. The SMILES string of the molecule is CCC[CH2][Sn]([CH2]CCC)([CH2]CCC)[CH](Br)C[C@@H](C)CC/C=C(\C)COCc1ccc(OC)cc1. The summed E-state index contributed by atoms with van der Waals surface area (Å²) in [6.07, 6.45) is 14.7. The van der Waals surface area contributed by atoms with Crippen LogP contribution in [0.1, 0.15) is 98.0 Å². The van der Waals surface area contributed by atoms with Crippen molar-refractivity contribution in [2.75, 3.05) is 13.7 Å². The monoisotopic (exact) mass is 644 g/mol. The van der Waals surface area contributed by atoms with Crippen LogP contribution in [0, 0.1) is 5.92 Å². The number of benzene rings is 1. The third kappa shape index (κ3) is 12.8. The van der Waals surface area contributed by atoms with Gasteiger partial charge in [-0.15, -0.1) is 0 Å². The van der Waals surface area contributed by atoms with Crippen molar-refractivity contribution in [3.63, 3.8) is 0 Å². The van der Waals surface area contributed by atoms with Crippen molar-refractivity contribution in [1.82, 2.24) is 0 Å². The summed E-state index contributed by atoms with van der Waals surface area (Å²) in [5, 5.41) is 0. The van der Waals surface area contributed by atoms with E-state index in [1.165, 1.54) is 68.9 Å². The average molecular weight is 644 g/mol. The van der Waals surface area contributed by atoms with E-state index in [1.54, 1.807) is 20.4 Å². The molecular weight excluding hydrogens is 591 g/mol. The number of ether oxygens (including phenoxy) is 2. The van der Waals surface area contributed by atoms with Crippen LogP contribution in [0.5, 0.6) is 5.75 Å². The van der Waals surface area contributed by atoms with Crippen molar-refractivity contribution in [1.29, 1.82) is 0 Å². The number of hydrogen-bond acceptors (Lipinski definition) is 2. The van der Waals surface area contributed by atoms with Gasteiger partial charge in [0.2, 0.25) is 0 Å². The molecule has 0 aliphatic rings. The number of rotatable bonds is 20. The Bertz CT molecular complexity index is 636. The van der Waals surface area contributed by atoms with Crippen LogP contribution in [-0.2, 0) is 11.3 Å². The van der Waals surface area contributed by atoms with Gasteiger partial charge in [0.1, 0.15) is 5.75 Å². The fourth-order valence-corrected chi connectivity index (χ4v) is 26.6. The fraction of sp³-hybridized carbons (Fsp3) is 0.733. The normalized spacial score (nSPS) is 14.3. The first kappa shape index (κ1) is 32.0. The van der Waals surface area contributed by atoms with Gasteiger partial charge in [-0.1, -0.05) is 0 Å². The van der Waals surface area contributed by atoms with Crippen molar-refractivity contribution in [3.8, 4) is 5.75 Å². The van der Waals surface area contributed by atoms with Gasteiger partial charge < -0.3 is 4.74 Å². The van der Waals surface area contributed by atoms with E-state index >= 15 is 0 Å². The van der Waals surface area contributed by atoms with Gasteiger partial charge in [-0.05, 0) is 12.1 Å². The third-order valence-corrected chi connectivity index (χ3v) is 30.2. The predicted molar refractivity (Wildman–Crippen MR) is 157 cm³/mol. The molecule has 0 fully saturated rings. The van der Waals surface area contributed by atoms with E-state index in [-0.39, 0.29) is 0 Å². The number of halogens is 1. The topological polar surface area (TPSA) is 18.5 Å². The van der Waals surface area contributed by atoms with Crippen LogP contribution < -0.4 is 4.74 Å². The minimum atomic E-state index is -2.17. The molecule has 0 saturated heterocycles. The van der Waals surface area contributed by atoms with Gasteiger partial charge in [-0.2, -0.15) is 0 Å². The molecule has 0 bridgehead atoms. The number of hydrogen-bond donors (Lipinski definition) is 0. The van der Waals surface area contributed by atoms with Crippen LogP contribution in [0.3, 0.4) is 0 Å². The van der Waals surface area contributed by atoms with Crippen LogP contribution in [0.4, 0.5) is 0 Å². The molecule has 0 saturated carbocycles. The van der Waals surface area contributed by atoms with Crippen LogP contribution in [0.2, 0.25) is 13.3 Å². The number of methoxy groups -OCH3 is 1. The summed E-state index contributed by atoms with van der Waals surface area (Å²) in [6, 6.07) is 8.13. The van der Waals surface area contributed by atoms with Gasteiger partial charge >= 0.3 is 196 Å². The van der Waals surface area contributed by atoms with E-state index < -0.39 is 18.4 Å². The van der Waals surface area contributed by atoms with Gasteiger partial charge in [0.25, 0.3) is 0 Å². The Balaban J connectivity index is 2.50. The van der Waals surface area contributed by atoms with Gasteiger partial charge in [0.15, 0.2) is 0 Å². The fourth-order valence-electron chi connectivity index (χ4n) is 4.88. The van der Waals surface area contributed by atoms with E-state index in [2.05, 4.69) is 68.8 Å². The molecule has 1 unspecified atom stereocenters. The summed E-state index contributed by atoms with van der Waals surface area (Å²) < 4.78 is 16.8. The molecule has 1 rings (SSSR count). The summed E-state index contributed by atoms with van der Waals surface area (Å²) in [6.45, 7) is 13.2. The van der Waals surface area contributed by atoms with Gasteiger partial charge in [-0.3, -0.25) is 0 Å². The molecule has 34 heavy (non-hydrogen) atoms. The molecule has 0 aromatic heterocycles. The molecule has 1 aromatic rings. The van der Waals surface area contributed by atoms with Crippen molar-refractivity contribution in [2.24, 2.45) is 5.92 Å². The first-order valence-electron chi connectivity index (χ1n) is 13.9. The van der Waals surface area contributed by atoms with Gasteiger partial charge in [0, 0.05) is 0 Å². The molecule has 0 heterocycles. The van der Waals surface area contributed by atoms with E-state index in [0.717, 1.165) is 14.5 Å². The van der Waals surface area contributed by atoms with Crippen molar-refractivity contribution in [2.45, 2.75) is 115 Å². The Morgan fingerprint density at radius 1 is 0.971 bits per heavy atom. The predicted octanol–water partition coefficient (Wildman–Crippen LogP) is 10.1. The third-order valence-electron chi connectivity index (χ3n) is 7.27. The molecular formula is C30H53BrO2Sn. The van der Waals surface area contributed by atoms with Gasteiger partial charge in [0.05, 0.1) is 7.11 Å². The van der Waals surface area contributed by atoms with Crippen molar-refractivity contribution in [3.05, 3.63) is 41.5 Å². The maximum atomic E-state index is 5.93. The standard InChI is InChI=1S/C18H26BrO2.3C4H9.Sn/c1-15(11-12-19)5-4-6-16(2)13-21-14-17-7-9-18(20-3)10-8-17;3*1-3-4-2;/h6-10,12,15H,4-5,11,13-14H2,1-3H3;3*1,3-4H2,2H3;/b16-6+;;;;/t15-;;;;/m0..../s1. The smallest absolute Gasteiger partial charge is 0.497 e. The summed E-state index contributed by atoms with van der Waals surface area (Å²) in [5.74, 6) is 1.68. The molecule has 0 N–H and O–H groups in total. The van der Waals surface area contributed by atoms with Crippen LogP contribution in [0.15, 0.2) is 35.9 Å². The summed E-state index contributed by atoms with van der Waals surface area (Å²) in [7, 11) is 1.70. The number of alkyl halides is 1. The molecule has 0 spiro atoms. The van der Waals surface area contributed by atoms with Crippen LogP contribution >= 0.6 is 15.9 Å². The average Bonchev–Trinajstić information content (AvgIpc) is 2.84. The van der Waals surface area contributed by atoms with E-state index in [4.69, 9.17) is 9.47 Å². The van der Waals surface area contributed by atoms with Crippen LogP contribution in [-0.4, -0.2) is 34.9 Å². The molecule has 0 radical (unpaired) electrons. The zero-order valence-corrected chi connectivity index (χ0v) is 27.6. The molecule has 0 aliphatic heterocycles. The van der Waals surface area contributed by atoms with E-state index in [9.17, 15) is 0 Å². The van der Waals surface area contributed by atoms with Crippen molar-refractivity contribution >= 4 is 34.3 Å². The molecule has 1 aromatic carbocycles.